The van der Waals surface area contributed by atoms with Crippen molar-refractivity contribution in [2.24, 2.45) is 0 Å². The minimum Gasteiger partial charge on any atom is -0.492 e. The molecule has 8 heteroatoms. The first-order valence-electron chi connectivity index (χ1n) is 11.1. The molecule has 0 aliphatic carbocycles. The van der Waals surface area contributed by atoms with Gasteiger partial charge >= 0.3 is 0 Å². The van der Waals surface area contributed by atoms with E-state index in [1.165, 1.54) is 4.31 Å². The second-order valence-electron chi connectivity index (χ2n) is 8.01. The number of rotatable bonds is 10. The first kappa shape index (κ1) is 24.1. The number of hydrogen-bond donors (Lipinski definition) is 1. The molecule has 0 saturated carbocycles. The quantitative estimate of drug-likeness (QED) is 0.549. The van der Waals surface area contributed by atoms with E-state index in [0.29, 0.717) is 37.6 Å². The predicted molar refractivity (Wildman–Crippen MR) is 124 cm³/mol. The third-order valence-corrected chi connectivity index (χ3v) is 7.39. The summed E-state index contributed by atoms with van der Waals surface area (Å²) in [5.41, 5.74) is 2.06. The van der Waals surface area contributed by atoms with Gasteiger partial charge in [0.25, 0.3) is 5.91 Å². The van der Waals surface area contributed by atoms with E-state index in [-0.39, 0.29) is 17.4 Å². The maximum Gasteiger partial charge on any atom is 0.261 e. The monoisotopic (exact) mass is 460 g/mol. The van der Waals surface area contributed by atoms with Crippen LogP contribution in [0.2, 0.25) is 0 Å². The molecule has 3 rings (SSSR count). The van der Waals surface area contributed by atoms with Crippen molar-refractivity contribution in [3.8, 4) is 11.5 Å². The minimum atomic E-state index is -3.43. The Labute approximate surface area is 190 Å². The van der Waals surface area contributed by atoms with E-state index in [4.69, 9.17) is 9.47 Å². The third kappa shape index (κ3) is 6.01. The summed E-state index contributed by atoms with van der Waals surface area (Å²) in [6.45, 7) is 7.58. The number of ether oxygens (including phenoxy) is 2. The number of carbonyl (C=O) groups is 1. The van der Waals surface area contributed by atoms with Crippen LogP contribution in [0.1, 0.15) is 37.3 Å². The number of nitrogens with zero attached hydrogens (tertiary/aromatic N) is 1. The topological polar surface area (TPSA) is 84.9 Å². The Morgan fingerprint density at radius 3 is 2.44 bits per heavy atom. The molecule has 1 amide bonds. The number of aryl methyl sites for hydroxylation is 2. The van der Waals surface area contributed by atoms with Crippen LogP contribution in [0.15, 0.2) is 47.4 Å². The molecule has 174 valence electrons. The van der Waals surface area contributed by atoms with Crippen molar-refractivity contribution in [3.05, 3.63) is 53.6 Å². The van der Waals surface area contributed by atoms with E-state index in [1.54, 1.807) is 24.3 Å². The molecule has 1 aliphatic heterocycles. The molecule has 1 fully saturated rings. The van der Waals surface area contributed by atoms with E-state index in [9.17, 15) is 13.2 Å². The molecule has 32 heavy (non-hydrogen) atoms. The van der Waals surface area contributed by atoms with Crippen molar-refractivity contribution >= 4 is 15.9 Å². The molecule has 0 spiro atoms. The molecular weight excluding hydrogens is 428 g/mol. The molecule has 1 N–H and O–H groups in total. The molecule has 0 unspecified atom stereocenters. The Balaban J connectivity index is 1.46. The lowest BCUT2D eigenvalue weighted by molar-refractivity contribution is -0.128. The second-order valence-corrected chi connectivity index (χ2v) is 9.94. The molecule has 1 heterocycles. The van der Waals surface area contributed by atoms with Crippen LogP contribution in [0, 0.1) is 13.8 Å². The van der Waals surface area contributed by atoms with Gasteiger partial charge in [-0.15, -0.1) is 0 Å². The zero-order chi connectivity index (χ0) is 23.1. The van der Waals surface area contributed by atoms with Crippen LogP contribution in [0.5, 0.6) is 11.5 Å². The van der Waals surface area contributed by atoms with E-state index in [2.05, 4.69) is 5.32 Å². The summed E-state index contributed by atoms with van der Waals surface area (Å²) in [6.07, 6.45) is 1.78. The maximum absolute atomic E-state index is 12.6. The second kappa shape index (κ2) is 10.8. The number of sulfonamides is 1. The highest BCUT2D eigenvalue weighted by Gasteiger charge is 2.27. The van der Waals surface area contributed by atoms with E-state index in [0.717, 1.165) is 24.0 Å². The van der Waals surface area contributed by atoms with Gasteiger partial charge < -0.3 is 14.8 Å². The number of amides is 1. The number of nitrogens with one attached hydrogen (secondary N) is 1. The summed E-state index contributed by atoms with van der Waals surface area (Å²) in [7, 11) is -3.43. The van der Waals surface area contributed by atoms with Gasteiger partial charge in [0.1, 0.15) is 18.1 Å². The van der Waals surface area contributed by atoms with Gasteiger partial charge in [-0.2, -0.15) is 4.31 Å². The highest BCUT2D eigenvalue weighted by atomic mass is 32.2. The number of benzene rings is 2. The van der Waals surface area contributed by atoms with Crippen LogP contribution in [0.25, 0.3) is 0 Å². The van der Waals surface area contributed by atoms with Crippen LogP contribution in [-0.2, 0) is 14.8 Å². The summed E-state index contributed by atoms with van der Waals surface area (Å²) in [5, 5.41) is 2.84. The Bertz CT molecular complexity index is 1020. The van der Waals surface area contributed by atoms with Gasteiger partial charge in [0.2, 0.25) is 10.0 Å². The van der Waals surface area contributed by atoms with E-state index < -0.39 is 16.1 Å². The number of carbonyl (C=O) groups excluding carboxylic acids is 1. The average Bonchev–Trinajstić information content (AvgIpc) is 3.33. The van der Waals surface area contributed by atoms with Crippen molar-refractivity contribution < 1.29 is 22.7 Å². The zero-order valence-corrected chi connectivity index (χ0v) is 19.8. The maximum atomic E-state index is 12.6. The fourth-order valence-electron chi connectivity index (χ4n) is 3.55. The van der Waals surface area contributed by atoms with Crippen LogP contribution >= 0.6 is 0 Å². The lowest BCUT2D eigenvalue weighted by Gasteiger charge is -2.19. The summed E-state index contributed by atoms with van der Waals surface area (Å²) in [6, 6.07) is 12.3. The first-order valence-corrected chi connectivity index (χ1v) is 12.5. The summed E-state index contributed by atoms with van der Waals surface area (Å²) in [5.74, 6) is 1.08. The molecule has 2 aromatic carbocycles. The predicted octanol–water partition coefficient (Wildman–Crippen LogP) is 3.44. The molecule has 0 aromatic heterocycles. The van der Waals surface area contributed by atoms with Crippen molar-refractivity contribution in [2.75, 3.05) is 26.2 Å². The lowest BCUT2D eigenvalue weighted by Crippen LogP contribution is -2.39. The molecule has 0 bridgehead atoms. The highest BCUT2D eigenvalue weighted by molar-refractivity contribution is 7.89. The molecule has 1 aliphatic rings. The third-order valence-electron chi connectivity index (χ3n) is 5.47. The summed E-state index contributed by atoms with van der Waals surface area (Å²) in [4.78, 5) is 12.8. The first-order chi connectivity index (χ1) is 15.3. The molecule has 2 aromatic rings. The van der Waals surface area contributed by atoms with Gasteiger partial charge in [-0.3, -0.25) is 4.79 Å². The zero-order valence-electron chi connectivity index (χ0n) is 19.0. The van der Waals surface area contributed by atoms with Crippen LogP contribution in [0.4, 0.5) is 0 Å². The number of hydrogen-bond acceptors (Lipinski definition) is 5. The average molecular weight is 461 g/mol. The van der Waals surface area contributed by atoms with Gasteiger partial charge in [-0.1, -0.05) is 19.1 Å². The van der Waals surface area contributed by atoms with Crippen LogP contribution in [-0.4, -0.2) is 51.0 Å². The van der Waals surface area contributed by atoms with Gasteiger partial charge in [0.05, 0.1) is 11.4 Å². The SMILES string of the molecule is CC[C@@H](Oc1cc(C)ccc1C)C(=O)NCCOc1ccc(S(=O)(=O)N2CCCC2)cc1. The Morgan fingerprint density at radius 2 is 1.78 bits per heavy atom. The summed E-state index contributed by atoms with van der Waals surface area (Å²) >= 11 is 0. The molecule has 1 saturated heterocycles. The Hall–Kier alpha value is -2.58. The molecule has 7 nitrogen and oxygen atoms in total. The van der Waals surface area contributed by atoms with Gasteiger partial charge in [0.15, 0.2) is 6.10 Å². The fraction of sp³-hybridized carbons (Fsp3) is 0.458. The normalized spacial score (nSPS) is 15.3. The summed E-state index contributed by atoms with van der Waals surface area (Å²) < 4.78 is 38.2. The van der Waals surface area contributed by atoms with E-state index >= 15 is 0 Å². The van der Waals surface area contributed by atoms with E-state index in [1.807, 2.05) is 39.0 Å². The molecule has 0 radical (unpaired) electrons. The van der Waals surface area contributed by atoms with Crippen molar-refractivity contribution in [3.63, 3.8) is 0 Å². The smallest absolute Gasteiger partial charge is 0.261 e. The van der Waals surface area contributed by atoms with Gasteiger partial charge in [0, 0.05) is 13.1 Å². The molecule has 1 atom stereocenters. The largest absolute Gasteiger partial charge is 0.492 e. The fourth-order valence-corrected chi connectivity index (χ4v) is 5.07. The lowest BCUT2D eigenvalue weighted by atomic mass is 10.1. The Morgan fingerprint density at radius 1 is 1.09 bits per heavy atom. The van der Waals surface area contributed by atoms with Crippen LogP contribution in [0.3, 0.4) is 0 Å². The standard InChI is InChI=1S/C24H32N2O5S/c1-4-22(31-23-17-18(2)7-8-19(23)3)24(27)25-13-16-30-20-9-11-21(12-10-20)32(28,29)26-14-5-6-15-26/h7-12,17,22H,4-6,13-16H2,1-3H3,(H,25,27)/t22-/m1/s1. The van der Waals surface area contributed by atoms with Crippen molar-refractivity contribution in [1.82, 2.24) is 9.62 Å². The molecular formula is C24H32N2O5S. The van der Waals surface area contributed by atoms with Gasteiger partial charge in [-0.25, -0.2) is 8.42 Å². The highest BCUT2D eigenvalue weighted by Crippen LogP contribution is 2.23. The van der Waals surface area contributed by atoms with Gasteiger partial charge in [-0.05, 0) is 74.6 Å². The van der Waals surface area contributed by atoms with Crippen molar-refractivity contribution in [2.45, 2.75) is 51.0 Å². The minimum absolute atomic E-state index is 0.191. The van der Waals surface area contributed by atoms with Crippen LogP contribution < -0.4 is 14.8 Å². The Kier molecular flexibility index (Phi) is 8.15. The van der Waals surface area contributed by atoms with Crippen molar-refractivity contribution in [1.29, 1.82) is 0 Å².